The topological polar surface area (TPSA) is 300 Å². The Bertz CT molecular complexity index is 2150. The highest BCUT2D eigenvalue weighted by atomic mass is 32.2. The largest absolute Gasteiger partial charge is 0.478 e. The van der Waals surface area contributed by atoms with Gasteiger partial charge in [-0.05, 0) is 59.3 Å². The van der Waals surface area contributed by atoms with Gasteiger partial charge in [0, 0.05) is 11.4 Å². The zero-order valence-corrected chi connectivity index (χ0v) is 23.5. The van der Waals surface area contributed by atoms with Gasteiger partial charge in [-0.25, -0.2) is 19.2 Å². The monoisotopic (exact) mass is 644 g/mol. The summed E-state index contributed by atoms with van der Waals surface area (Å²) in [6.07, 6.45) is 0. The quantitative estimate of drug-likeness (QED) is 0.117. The fourth-order valence-corrected chi connectivity index (χ4v) is 6.14. The summed E-state index contributed by atoms with van der Waals surface area (Å²) < 4.78 is 61.3. The standard InChI is InChI=1S/C26H20N4O12S2/c27-11-1-7-17(29)19(9-11)43(37,38)41-25(35)16-6-4-13-14(3-5-15(23(31)32)21(13)24(33)34)22(16)26(36)42-44(39,40)20-10-12(28)2-8-18(20)30/h1-10H,27-30H2,(H,31,32)(H,33,34). The molecule has 0 saturated heterocycles. The molecule has 18 heteroatoms. The van der Waals surface area contributed by atoms with Crippen LogP contribution in [-0.4, -0.2) is 50.9 Å². The van der Waals surface area contributed by atoms with Gasteiger partial charge in [0.15, 0.2) is 0 Å². The van der Waals surface area contributed by atoms with Crippen LogP contribution in [0.2, 0.25) is 0 Å². The van der Waals surface area contributed by atoms with Crippen molar-refractivity contribution < 1.29 is 54.6 Å². The number of nitrogen functional groups attached to an aromatic ring is 4. The van der Waals surface area contributed by atoms with Crippen molar-refractivity contribution in [3.8, 4) is 0 Å². The molecule has 44 heavy (non-hydrogen) atoms. The van der Waals surface area contributed by atoms with Gasteiger partial charge in [0.05, 0.1) is 33.6 Å². The Hall–Kier alpha value is -5.88. The van der Waals surface area contributed by atoms with E-state index in [1.807, 2.05) is 0 Å². The zero-order chi connectivity index (χ0) is 32.7. The fraction of sp³-hybridized carbons (Fsp3) is 0. The number of rotatable bonds is 8. The molecule has 0 aliphatic rings. The third kappa shape index (κ3) is 5.74. The van der Waals surface area contributed by atoms with Gasteiger partial charge in [0.2, 0.25) is 0 Å². The molecule has 0 heterocycles. The van der Waals surface area contributed by atoms with Crippen molar-refractivity contribution in [2.45, 2.75) is 9.79 Å². The Kier molecular flexibility index (Phi) is 7.82. The van der Waals surface area contributed by atoms with Gasteiger partial charge < -0.3 is 41.5 Å². The number of fused-ring (bicyclic) bond motifs is 1. The molecule has 228 valence electrons. The first-order valence-corrected chi connectivity index (χ1v) is 14.6. The number of hydrogen-bond donors (Lipinski definition) is 6. The van der Waals surface area contributed by atoms with E-state index in [0.29, 0.717) is 0 Å². The van der Waals surface area contributed by atoms with Gasteiger partial charge in [-0.3, -0.25) is 0 Å². The summed E-state index contributed by atoms with van der Waals surface area (Å²) in [6.45, 7) is 0. The summed E-state index contributed by atoms with van der Waals surface area (Å²) in [6, 6.07) is 9.81. The second-order valence-electron chi connectivity index (χ2n) is 8.93. The molecule has 0 radical (unpaired) electrons. The van der Waals surface area contributed by atoms with Crippen LogP contribution >= 0.6 is 0 Å². The number of aromatic carboxylic acids is 2. The highest BCUT2D eigenvalue weighted by molar-refractivity contribution is 7.87. The number of carboxylic acid groups (broad SMARTS) is 2. The first-order chi connectivity index (χ1) is 20.4. The Morgan fingerprint density at radius 2 is 0.977 bits per heavy atom. The highest BCUT2D eigenvalue weighted by Gasteiger charge is 2.33. The fourth-order valence-electron chi connectivity index (χ4n) is 4.11. The molecule has 4 aromatic rings. The maximum Gasteiger partial charge on any atom is 0.355 e. The van der Waals surface area contributed by atoms with Crippen molar-refractivity contribution in [2.75, 3.05) is 22.9 Å². The van der Waals surface area contributed by atoms with Crippen LogP contribution in [-0.2, 0) is 28.6 Å². The van der Waals surface area contributed by atoms with Gasteiger partial charge in [0.1, 0.15) is 9.79 Å². The van der Waals surface area contributed by atoms with Crippen LogP contribution in [0.25, 0.3) is 10.8 Å². The van der Waals surface area contributed by atoms with Crippen LogP contribution in [0.3, 0.4) is 0 Å². The lowest BCUT2D eigenvalue weighted by Gasteiger charge is -2.15. The molecule has 16 nitrogen and oxygen atoms in total. The van der Waals surface area contributed by atoms with Crippen LogP contribution in [0, 0.1) is 0 Å². The molecule has 0 aliphatic carbocycles. The van der Waals surface area contributed by atoms with Crippen molar-refractivity contribution in [1.82, 2.24) is 0 Å². The highest BCUT2D eigenvalue weighted by Crippen LogP contribution is 2.32. The van der Waals surface area contributed by atoms with Crippen LogP contribution in [0.15, 0.2) is 70.5 Å². The van der Waals surface area contributed by atoms with Gasteiger partial charge in [0.25, 0.3) is 0 Å². The number of hydrogen-bond acceptors (Lipinski definition) is 14. The van der Waals surface area contributed by atoms with Crippen LogP contribution in [0.4, 0.5) is 22.7 Å². The van der Waals surface area contributed by atoms with Gasteiger partial charge >= 0.3 is 44.1 Å². The molecule has 0 unspecified atom stereocenters. The minimum atomic E-state index is -5.07. The molecule has 0 spiro atoms. The van der Waals surface area contributed by atoms with Crippen molar-refractivity contribution in [1.29, 1.82) is 0 Å². The smallest absolute Gasteiger partial charge is 0.355 e. The third-order valence-electron chi connectivity index (χ3n) is 6.05. The van der Waals surface area contributed by atoms with Gasteiger partial charge in [-0.15, -0.1) is 0 Å². The molecular formula is C26H20N4O12S2. The zero-order valence-electron chi connectivity index (χ0n) is 21.9. The first-order valence-electron chi connectivity index (χ1n) is 11.8. The summed E-state index contributed by atoms with van der Waals surface area (Å²) >= 11 is 0. The number of nitrogens with two attached hydrogens (primary N) is 4. The molecule has 4 rings (SSSR count). The van der Waals surface area contributed by atoms with Crippen LogP contribution in [0.5, 0.6) is 0 Å². The molecule has 0 bridgehead atoms. The minimum Gasteiger partial charge on any atom is -0.478 e. The Morgan fingerprint density at radius 1 is 0.545 bits per heavy atom. The van der Waals surface area contributed by atoms with Crippen LogP contribution < -0.4 is 22.9 Å². The van der Waals surface area contributed by atoms with Crippen LogP contribution in [0.1, 0.15) is 41.4 Å². The molecule has 0 saturated carbocycles. The molecule has 0 fully saturated rings. The molecule has 0 atom stereocenters. The molecule has 10 N–H and O–H groups in total. The van der Waals surface area contributed by atoms with Crippen molar-refractivity contribution in [2.24, 2.45) is 0 Å². The van der Waals surface area contributed by atoms with Crippen molar-refractivity contribution in [3.05, 3.63) is 82.9 Å². The minimum absolute atomic E-state index is 0.0646. The second kappa shape index (κ2) is 11.1. The lowest BCUT2D eigenvalue weighted by Crippen LogP contribution is -2.21. The number of carboxylic acids is 2. The summed E-state index contributed by atoms with van der Waals surface area (Å²) in [5, 5.41) is 18.3. The molecule has 0 amide bonds. The SMILES string of the molecule is Nc1ccc(N)c(S(=O)(=O)OC(=O)c2ccc3c(C(=O)O)c(C(=O)O)ccc3c2C(=O)OS(=O)(=O)c2cc(N)ccc2N)c1. The summed E-state index contributed by atoms with van der Waals surface area (Å²) in [5.74, 6) is -6.99. The number of benzene rings is 4. The maximum absolute atomic E-state index is 13.5. The summed E-state index contributed by atoms with van der Waals surface area (Å²) in [7, 11) is -10.1. The van der Waals surface area contributed by atoms with E-state index in [0.717, 1.165) is 48.5 Å². The first kappa shape index (κ1) is 31.1. The number of carbonyl (C=O) groups is 4. The van der Waals surface area contributed by atoms with E-state index in [4.69, 9.17) is 27.1 Å². The average Bonchev–Trinajstić information content (AvgIpc) is 2.93. The number of carbonyl (C=O) groups excluding carboxylic acids is 2. The Labute approximate surface area is 247 Å². The van der Waals surface area contributed by atoms with E-state index in [9.17, 15) is 46.2 Å². The summed E-state index contributed by atoms with van der Waals surface area (Å²) in [5.41, 5.74) is 18.2. The normalized spacial score (nSPS) is 11.5. The van der Waals surface area contributed by atoms with E-state index >= 15 is 0 Å². The van der Waals surface area contributed by atoms with Gasteiger partial charge in [-0.1, -0.05) is 12.1 Å². The van der Waals surface area contributed by atoms with E-state index in [1.54, 1.807) is 0 Å². The molecule has 4 aromatic carbocycles. The molecular weight excluding hydrogens is 624 g/mol. The van der Waals surface area contributed by atoms with Crippen molar-refractivity contribution in [3.63, 3.8) is 0 Å². The van der Waals surface area contributed by atoms with E-state index < -0.39 is 86.9 Å². The predicted octanol–water partition coefficient (Wildman–Crippen LogP) is 1.66. The van der Waals surface area contributed by atoms with E-state index in [-0.39, 0.29) is 22.7 Å². The predicted molar refractivity (Wildman–Crippen MR) is 154 cm³/mol. The Morgan fingerprint density at radius 3 is 1.43 bits per heavy atom. The van der Waals surface area contributed by atoms with E-state index in [2.05, 4.69) is 4.18 Å². The number of anilines is 4. The lowest BCUT2D eigenvalue weighted by molar-refractivity contribution is 0.0653. The Balaban J connectivity index is 1.94. The van der Waals surface area contributed by atoms with Crippen molar-refractivity contribution >= 4 is 77.6 Å². The lowest BCUT2D eigenvalue weighted by atomic mass is 9.93. The third-order valence-corrected chi connectivity index (χ3v) is 8.58. The molecule has 0 aromatic heterocycles. The van der Waals surface area contributed by atoms with E-state index in [1.165, 1.54) is 12.1 Å². The average molecular weight is 645 g/mol. The van der Waals surface area contributed by atoms with Gasteiger partial charge in [-0.2, -0.15) is 16.8 Å². The molecule has 0 aliphatic heterocycles. The maximum atomic E-state index is 13.5. The second-order valence-corrected chi connectivity index (χ2v) is 12.0. The summed E-state index contributed by atoms with van der Waals surface area (Å²) in [4.78, 5) is 49.0.